The van der Waals surface area contributed by atoms with E-state index in [1.165, 1.54) is 6.33 Å². The van der Waals surface area contributed by atoms with Crippen LogP contribution < -0.4 is 9.64 Å². The van der Waals surface area contributed by atoms with Crippen LogP contribution in [-0.2, 0) is 6.42 Å². The fraction of sp³-hybridized carbons (Fsp3) is 0.438. The van der Waals surface area contributed by atoms with Crippen molar-refractivity contribution in [2.45, 2.75) is 32.3 Å². The SMILES string of the molecule is CCc1ncnc(N2CCCC(Oc3ccc(Cl)cn3)C2)c1F. The average molecular weight is 337 g/mol. The van der Waals surface area contributed by atoms with Gasteiger partial charge in [0.05, 0.1) is 17.3 Å². The summed E-state index contributed by atoms with van der Waals surface area (Å²) in [6.45, 7) is 3.20. The molecule has 5 nitrogen and oxygen atoms in total. The Morgan fingerprint density at radius 2 is 2.22 bits per heavy atom. The zero-order chi connectivity index (χ0) is 16.2. The minimum Gasteiger partial charge on any atom is -0.472 e. The Morgan fingerprint density at radius 3 is 2.96 bits per heavy atom. The second kappa shape index (κ2) is 7.08. The molecule has 1 saturated heterocycles. The van der Waals surface area contributed by atoms with E-state index in [2.05, 4.69) is 15.0 Å². The lowest BCUT2D eigenvalue weighted by atomic mass is 10.1. The second-order valence-electron chi connectivity index (χ2n) is 5.45. The highest BCUT2D eigenvalue weighted by Gasteiger charge is 2.25. The Morgan fingerprint density at radius 1 is 1.35 bits per heavy atom. The van der Waals surface area contributed by atoms with E-state index in [0.717, 1.165) is 19.4 Å². The molecule has 23 heavy (non-hydrogen) atoms. The molecule has 1 atom stereocenters. The van der Waals surface area contributed by atoms with Gasteiger partial charge in [-0.25, -0.2) is 19.3 Å². The molecule has 0 amide bonds. The third-order valence-corrected chi connectivity index (χ3v) is 4.07. The monoisotopic (exact) mass is 336 g/mol. The standard InChI is InChI=1S/C16H18ClFN4O/c1-2-13-15(18)16(21-10-20-13)22-7-3-4-12(9-22)23-14-6-5-11(17)8-19-14/h5-6,8,10,12H,2-4,7,9H2,1H3. The third kappa shape index (κ3) is 3.69. The van der Waals surface area contributed by atoms with Gasteiger partial charge in [-0.05, 0) is 25.3 Å². The zero-order valence-electron chi connectivity index (χ0n) is 12.9. The van der Waals surface area contributed by atoms with Crippen LogP contribution in [0.25, 0.3) is 0 Å². The van der Waals surface area contributed by atoms with E-state index in [9.17, 15) is 4.39 Å². The van der Waals surface area contributed by atoms with Crippen LogP contribution in [0.5, 0.6) is 5.88 Å². The second-order valence-corrected chi connectivity index (χ2v) is 5.89. The number of piperidine rings is 1. The van der Waals surface area contributed by atoms with Crippen molar-refractivity contribution in [1.29, 1.82) is 0 Å². The first-order chi connectivity index (χ1) is 11.2. The van der Waals surface area contributed by atoms with Crippen LogP contribution in [0.3, 0.4) is 0 Å². The molecule has 1 fully saturated rings. The molecule has 1 aliphatic heterocycles. The maximum absolute atomic E-state index is 14.4. The number of hydrogen-bond acceptors (Lipinski definition) is 5. The molecule has 3 heterocycles. The van der Waals surface area contributed by atoms with Crippen molar-refractivity contribution in [1.82, 2.24) is 15.0 Å². The first-order valence-electron chi connectivity index (χ1n) is 7.70. The number of halogens is 2. The Kier molecular flexibility index (Phi) is 4.91. The molecule has 122 valence electrons. The molecule has 0 spiro atoms. The van der Waals surface area contributed by atoms with Crippen LogP contribution in [0, 0.1) is 5.82 Å². The minimum absolute atomic E-state index is 0.0585. The molecule has 7 heteroatoms. The summed E-state index contributed by atoms with van der Waals surface area (Å²) in [4.78, 5) is 14.2. The van der Waals surface area contributed by atoms with E-state index < -0.39 is 0 Å². The predicted octanol–water partition coefficient (Wildman–Crippen LogP) is 3.27. The summed E-state index contributed by atoms with van der Waals surface area (Å²) in [6.07, 6.45) is 5.26. The number of nitrogens with zero attached hydrogens (tertiary/aromatic N) is 4. The summed E-state index contributed by atoms with van der Waals surface area (Å²) >= 11 is 5.82. The van der Waals surface area contributed by atoms with E-state index in [0.29, 0.717) is 35.4 Å². The Labute approximate surface area is 139 Å². The summed E-state index contributed by atoms with van der Waals surface area (Å²) < 4.78 is 20.3. The first kappa shape index (κ1) is 15.9. The van der Waals surface area contributed by atoms with Crippen LogP contribution in [0.2, 0.25) is 5.02 Å². The molecule has 0 aliphatic carbocycles. The van der Waals surface area contributed by atoms with Gasteiger partial charge in [0, 0.05) is 18.8 Å². The normalized spacial score (nSPS) is 18.0. The van der Waals surface area contributed by atoms with E-state index in [1.54, 1.807) is 18.3 Å². The van der Waals surface area contributed by atoms with Crippen LogP contribution in [0.4, 0.5) is 10.2 Å². The first-order valence-corrected chi connectivity index (χ1v) is 8.07. The van der Waals surface area contributed by atoms with E-state index in [4.69, 9.17) is 16.3 Å². The Balaban J connectivity index is 1.72. The number of hydrogen-bond donors (Lipinski definition) is 0. The Bertz CT molecular complexity index is 668. The van der Waals surface area contributed by atoms with E-state index >= 15 is 0 Å². The molecule has 2 aromatic heterocycles. The third-order valence-electron chi connectivity index (χ3n) is 3.84. The largest absolute Gasteiger partial charge is 0.472 e. The number of aromatic nitrogens is 3. The molecule has 0 N–H and O–H groups in total. The summed E-state index contributed by atoms with van der Waals surface area (Å²) in [5, 5.41) is 0.567. The lowest BCUT2D eigenvalue weighted by Gasteiger charge is -2.33. The highest BCUT2D eigenvalue weighted by atomic mass is 35.5. The highest BCUT2D eigenvalue weighted by molar-refractivity contribution is 6.30. The summed E-state index contributed by atoms with van der Waals surface area (Å²) in [6, 6.07) is 3.48. The van der Waals surface area contributed by atoms with Crippen LogP contribution in [0.1, 0.15) is 25.5 Å². The van der Waals surface area contributed by atoms with Gasteiger partial charge in [-0.1, -0.05) is 18.5 Å². The lowest BCUT2D eigenvalue weighted by Crippen LogP contribution is -2.42. The number of anilines is 1. The van der Waals surface area contributed by atoms with Gasteiger partial charge in [0.25, 0.3) is 0 Å². The molecule has 1 unspecified atom stereocenters. The predicted molar refractivity (Wildman–Crippen MR) is 86.5 cm³/mol. The molecule has 2 aromatic rings. The number of aryl methyl sites for hydroxylation is 1. The van der Waals surface area contributed by atoms with Gasteiger partial charge in [0.1, 0.15) is 12.4 Å². The van der Waals surface area contributed by atoms with Crippen LogP contribution in [-0.4, -0.2) is 34.1 Å². The molecule has 0 radical (unpaired) electrons. The Hall–Kier alpha value is -1.95. The highest BCUT2D eigenvalue weighted by Crippen LogP contribution is 2.24. The van der Waals surface area contributed by atoms with Gasteiger partial charge in [-0.3, -0.25) is 0 Å². The number of pyridine rings is 1. The van der Waals surface area contributed by atoms with Gasteiger partial charge in [0.15, 0.2) is 11.6 Å². The van der Waals surface area contributed by atoms with Gasteiger partial charge in [-0.15, -0.1) is 0 Å². The van der Waals surface area contributed by atoms with Gasteiger partial charge < -0.3 is 9.64 Å². The fourth-order valence-corrected chi connectivity index (χ4v) is 2.80. The number of ether oxygens (including phenoxy) is 1. The maximum atomic E-state index is 14.4. The fourth-order valence-electron chi connectivity index (χ4n) is 2.69. The van der Waals surface area contributed by atoms with Crippen molar-refractivity contribution in [2.75, 3.05) is 18.0 Å². The summed E-state index contributed by atoms with van der Waals surface area (Å²) in [5.41, 5.74) is 0.442. The van der Waals surface area contributed by atoms with E-state index in [1.807, 2.05) is 11.8 Å². The molecule has 0 saturated carbocycles. The quantitative estimate of drug-likeness (QED) is 0.857. The van der Waals surface area contributed by atoms with Crippen molar-refractivity contribution >= 4 is 17.4 Å². The molecule has 1 aliphatic rings. The molecule has 0 aromatic carbocycles. The van der Waals surface area contributed by atoms with Gasteiger partial charge in [-0.2, -0.15) is 0 Å². The van der Waals surface area contributed by atoms with Gasteiger partial charge in [0.2, 0.25) is 5.88 Å². The van der Waals surface area contributed by atoms with E-state index in [-0.39, 0.29) is 11.9 Å². The molecular formula is C16H18ClFN4O. The van der Waals surface area contributed by atoms with Crippen LogP contribution in [0.15, 0.2) is 24.7 Å². The zero-order valence-corrected chi connectivity index (χ0v) is 13.6. The molecule has 3 rings (SSSR count). The van der Waals surface area contributed by atoms with Crippen molar-refractivity contribution in [3.8, 4) is 5.88 Å². The minimum atomic E-state index is -0.333. The summed E-state index contributed by atoms with van der Waals surface area (Å²) in [5.74, 6) is 0.549. The summed E-state index contributed by atoms with van der Waals surface area (Å²) in [7, 11) is 0. The van der Waals surface area contributed by atoms with Crippen molar-refractivity contribution < 1.29 is 9.13 Å². The number of rotatable bonds is 4. The van der Waals surface area contributed by atoms with Crippen molar-refractivity contribution in [2.24, 2.45) is 0 Å². The molecule has 0 bridgehead atoms. The van der Waals surface area contributed by atoms with Crippen molar-refractivity contribution in [3.05, 3.63) is 41.2 Å². The lowest BCUT2D eigenvalue weighted by molar-refractivity contribution is 0.171. The van der Waals surface area contributed by atoms with Crippen LogP contribution >= 0.6 is 11.6 Å². The van der Waals surface area contributed by atoms with Crippen molar-refractivity contribution in [3.63, 3.8) is 0 Å². The smallest absolute Gasteiger partial charge is 0.213 e. The topological polar surface area (TPSA) is 51.1 Å². The van der Waals surface area contributed by atoms with Gasteiger partial charge >= 0.3 is 0 Å². The maximum Gasteiger partial charge on any atom is 0.213 e. The average Bonchev–Trinajstić information content (AvgIpc) is 2.57. The molecular weight excluding hydrogens is 319 g/mol.